The Balaban J connectivity index is 1.97. The number of para-hydroxylation sites is 1. The standard InChI is InChI=1S/C18H19N3/c1-2-17(19)14-8-10-15(11-9-14)18-12-13-20-21(18)16-6-4-3-5-7-16/h3-13,17H,2,19H2,1H3. The van der Waals surface area contributed by atoms with Crippen molar-refractivity contribution in [3.8, 4) is 16.9 Å². The Morgan fingerprint density at radius 2 is 1.71 bits per heavy atom. The highest BCUT2D eigenvalue weighted by Crippen LogP contribution is 2.24. The van der Waals surface area contributed by atoms with E-state index < -0.39 is 0 Å². The van der Waals surface area contributed by atoms with Crippen molar-refractivity contribution < 1.29 is 0 Å². The van der Waals surface area contributed by atoms with Crippen LogP contribution in [0.25, 0.3) is 16.9 Å². The highest BCUT2D eigenvalue weighted by Gasteiger charge is 2.08. The maximum atomic E-state index is 6.07. The van der Waals surface area contributed by atoms with Gasteiger partial charge in [-0.15, -0.1) is 0 Å². The van der Waals surface area contributed by atoms with Gasteiger partial charge in [0.05, 0.1) is 17.6 Å². The van der Waals surface area contributed by atoms with E-state index >= 15 is 0 Å². The summed E-state index contributed by atoms with van der Waals surface area (Å²) >= 11 is 0. The van der Waals surface area contributed by atoms with E-state index in [2.05, 4.69) is 48.4 Å². The summed E-state index contributed by atoms with van der Waals surface area (Å²) in [5.41, 5.74) is 10.5. The Morgan fingerprint density at radius 3 is 2.38 bits per heavy atom. The molecule has 0 aliphatic heterocycles. The van der Waals surface area contributed by atoms with E-state index in [1.165, 1.54) is 5.56 Å². The molecule has 3 heteroatoms. The van der Waals surface area contributed by atoms with Crippen LogP contribution in [0, 0.1) is 0 Å². The molecule has 3 nitrogen and oxygen atoms in total. The Bertz CT molecular complexity index is 699. The Hall–Kier alpha value is -2.39. The van der Waals surface area contributed by atoms with Crippen LogP contribution in [0.15, 0.2) is 66.9 Å². The number of nitrogens with zero attached hydrogens (tertiary/aromatic N) is 2. The van der Waals surface area contributed by atoms with Crippen LogP contribution in [0.3, 0.4) is 0 Å². The molecule has 0 bridgehead atoms. The fraction of sp³-hybridized carbons (Fsp3) is 0.167. The molecular formula is C18H19N3. The first-order valence-corrected chi connectivity index (χ1v) is 7.25. The molecule has 106 valence electrons. The van der Waals surface area contributed by atoms with E-state index in [-0.39, 0.29) is 6.04 Å². The lowest BCUT2D eigenvalue weighted by Crippen LogP contribution is -2.08. The third-order valence-corrected chi connectivity index (χ3v) is 3.72. The van der Waals surface area contributed by atoms with Crippen LogP contribution in [0.2, 0.25) is 0 Å². The molecule has 1 unspecified atom stereocenters. The van der Waals surface area contributed by atoms with Crippen molar-refractivity contribution in [3.63, 3.8) is 0 Å². The third kappa shape index (κ3) is 2.73. The second-order valence-electron chi connectivity index (χ2n) is 5.10. The van der Waals surface area contributed by atoms with Crippen molar-refractivity contribution in [1.82, 2.24) is 9.78 Å². The smallest absolute Gasteiger partial charge is 0.0740 e. The minimum absolute atomic E-state index is 0.109. The molecule has 3 aromatic rings. The number of hydrogen-bond donors (Lipinski definition) is 1. The highest BCUT2D eigenvalue weighted by molar-refractivity contribution is 5.62. The molecule has 0 spiro atoms. The molecule has 1 atom stereocenters. The molecule has 0 radical (unpaired) electrons. The van der Waals surface area contributed by atoms with Gasteiger partial charge >= 0.3 is 0 Å². The van der Waals surface area contributed by atoms with Crippen LogP contribution in [0.5, 0.6) is 0 Å². The minimum Gasteiger partial charge on any atom is -0.324 e. The lowest BCUT2D eigenvalue weighted by atomic mass is 10.0. The Morgan fingerprint density at radius 1 is 1.00 bits per heavy atom. The quantitative estimate of drug-likeness (QED) is 0.784. The second-order valence-corrected chi connectivity index (χ2v) is 5.10. The van der Waals surface area contributed by atoms with Crippen LogP contribution in [-0.2, 0) is 0 Å². The number of hydrogen-bond acceptors (Lipinski definition) is 2. The average Bonchev–Trinajstić information content (AvgIpc) is 3.04. The fourth-order valence-electron chi connectivity index (χ4n) is 2.43. The van der Waals surface area contributed by atoms with Crippen molar-refractivity contribution in [1.29, 1.82) is 0 Å². The van der Waals surface area contributed by atoms with Crippen LogP contribution >= 0.6 is 0 Å². The van der Waals surface area contributed by atoms with Gasteiger partial charge in [-0.1, -0.05) is 49.4 Å². The van der Waals surface area contributed by atoms with E-state index in [0.717, 1.165) is 23.4 Å². The fourth-order valence-corrected chi connectivity index (χ4v) is 2.43. The van der Waals surface area contributed by atoms with Gasteiger partial charge in [0.1, 0.15) is 0 Å². The molecule has 1 heterocycles. The molecule has 2 N–H and O–H groups in total. The predicted molar refractivity (Wildman–Crippen MR) is 86.2 cm³/mol. The van der Waals surface area contributed by atoms with Gasteiger partial charge in [-0.25, -0.2) is 4.68 Å². The SMILES string of the molecule is CCC(N)c1ccc(-c2ccnn2-c2ccccc2)cc1. The summed E-state index contributed by atoms with van der Waals surface area (Å²) < 4.78 is 1.95. The summed E-state index contributed by atoms with van der Waals surface area (Å²) in [6.45, 7) is 2.10. The monoisotopic (exact) mass is 277 g/mol. The zero-order valence-corrected chi connectivity index (χ0v) is 12.1. The normalized spacial score (nSPS) is 12.3. The summed E-state index contributed by atoms with van der Waals surface area (Å²) in [6.07, 6.45) is 2.77. The van der Waals surface area contributed by atoms with Crippen molar-refractivity contribution in [2.24, 2.45) is 5.73 Å². The molecule has 0 fully saturated rings. The molecule has 0 saturated heterocycles. The molecule has 0 aliphatic carbocycles. The zero-order valence-electron chi connectivity index (χ0n) is 12.1. The highest BCUT2D eigenvalue weighted by atomic mass is 15.3. The maximum Gasteiger partial charge on any atom is 0.0740 e. The Kier molecular flexibility index (Phi) is 3.84. The van der Waals surface area contributed by atoms with Crippen molar-refractivity contribution in [3.05, 3.63) is 72.4 Å². The first-order chi connectivity index (χ1) is 10.3. The summed E-state index contributed by atoms with van der Waals surface area (Å²) in [4.78, 5) is 0. The molecule has 21 heavy (non-hydrogen) atoms. The van der Waals surface area contributed by atoms with Gasteiger partial charge < -0.3 is 5.73 Å². The first kappa shape index (κ1) is 13.6. The Labute approximate surface area is 125 Å². The van der Waals surface area contributed by atoms with Crippen LogP contribution in [-0.4, -0.2) is 9.78 Å². The van der Waals surface area contributed by atoms with E-state index in [1.54, 1.807) is 0 Å². The molecule has 0 aliphatic rings. The molecule has 2 aromatic carbocycles. The van der Waals surface area contributed by atoms with Crippen molar-refractivity contribution in [2.45, 2.75) is 19.4 Å². The number of rotatable bonds is 4. The predicted octanol–water partition coefficient (Wildman–Crippen LogP) is 3.95. The zero-order chi connectivity index (χ0) is 14.7. The van der Waals surface area contributed by atoms with Crippen molar-refractivity contribution >= 4 is 0 Å². The van der Waals surface area contributed by atoms with Gasteiger partial charge in [0.15, 0.2) is 0 Å². The number of nitrogens with two attached hydrogens (primary N) is 1. The molecule has 1 aromatic heterocycles. The maximum absolute atomic E-state index is 6.07. The van der Waals surface area contributed by atoms with Gasteiger partial charge in [0, 0.05) is 11.6 Å². The summed E-state index contributed by atoms with van der Waals surface area (Å²) in [5, 5.41) is 4.43. The van der Waals surface area contributed by atoms with Gasteiger partial charge in [-0.2, -0.15) is 5.10 Å². The third-order valence-electron chi connectivity index (χ3n) is 3.72. The van der Waals surface area contributed by atoms with Gasteiger partial charge in [-0.05, 0) is 30.2 Å². The number of benzene rings is 2. The van der Waals surface area contributed by atoms with E-state index in [4.69, 9.17) is 5.73 Å². The summed E-state index contributed by atoms with van der Waals surface area (Å²) in [6, 6.07) is 20.7. The number of aromatic nitrogens is 2. The lowest BCUT2D eigenvalue weighted by Gasteiger charge is -2.11. The molecule has 0 saturated carbocycles. The summed E-state index contributed by atoms with van der Waals surface area (Å²) in [7, 11) is 0. The molecular weight excluding hydrogens is 258 g/mol. The topological polar surface area (TPSA) is 43.8 Å². The van der Waals surface area contributed by atoms with E-state index in [1.807, 2.05) is 35.1 Å². The second kappa shape index (κ2) is 5.94. The van der Waals surface area contributed by atoms with Gasteiger partial charge in [0.2, 0.25) is 0 Å². The molecule has 3 rings (SSSR count). The van der Waals surface area contributed by atoms with Crippen LogP contribution < -0.4 is 5.73 Å². The lowest BCUT2D eigenvalue weighted by molar-refractivity contribution is 0.699. The van der Waals surface area contributed by atoms with Crippen molar-refractivity contribution in [2.75, 3.05) is 0 Å². The van der Waals surface area contributed by atoms with Gasteiger partial charge in [0.25, 0.3) is 0 Å². The molecule has 0 amide bonds. The average molecular weight is 277 g/mol. The summed E-state index contributed by atoms with van der Waals surface area (Å²) in [5.74, 6) is 0. The first-order valence-electron chi connectivity index (χ1n) is 7.25. The minimum atomic E-state index is 0.109. The van der Waals surface area contributed by atoms with E-state index in [9.17, 15) is 0 Å². The van der Waals surface area contributed by atoms with Crippen LogP contribution in [0.1, 0.15) is 24.9 Å². The van der Waals surface area contributed by atoms with Crippen LogP contribution in [0.4, 0.5) is 0 Å². The largest absolute Gasteiger partial charge is 0.324 e. The van der Waals surface area contributed by atoms with Gasteiger partial charge in [-0.3, -0.25) is 0 Å². The van der Waals surface area contributed by atoms with E-state index in [0.29, 0.717) is 0 Å².